The highest BCUT2D eigenvalue weighted by Gasteiger charge is 2.54. The number of amides is 4. The minimum absolute atomic E-state index is 0.146. The van der Waals surface area contributed by atoms with Gasteiger partial charge in [0.15, 0.2) is 5.78 Å². The van der Waals surface area contributed by atoms with Crippen molar-refractivity contribution in [1.29, 1.82) is 0 Å². The number of Topliss-reactive ketones (excluding diaryl/α,β-unsaturated/α-hetero) is 1. The second-order valence-electron chi connectivity index (χ2n) is 11.2. The number of carbonyl (C=O) groups is 5. The number of hydrogen-bond donors (Lipinski definition) is 3. The quantitative estimate of drug-likeness (QED) is 0.382. The lowest BCUT2D eigenvalue weighted by Crippen LogP contribution is -2.63. The van der Waals surface area contributed by atoms with E-state index in [0.29, 0.717) is 19.4 Å². The summed E-state index contributed by atoms with van der Waals surface area (Å²) in [6.45, 7) is 4.32. The lowest BCUT2D eigenvalue weighted by Gasteiger charge is -2.38. The Kier molecular flexibility index (Phi) is 8.55. The first kappa shape index (κ1) is 28.9. The first-order chi connectivity index (χ1) is 17.1. The number of ketones is 1. The maximum atomic E-state index is 13.8. The molecule has 10 nitrogen and oxygen atoms in total. The van der Waals surface area contributed by atoms with Crippen molar-refractivity contribution < 1.29 is 41.9 Å². The van der Waals surface area contributed by atoms with E-state index < -0.39 is 59.5 Å². The molecule has 13 heteroatoms. The molecule has 0 aromatic carbocycles. The van der Waals surface area contributed by atoms with Crippen LogP contribution in [-0.4, -0.2) is 77.5 Å². The number of nitrogens with zero attached hydrogens (tertiary/aromatic N) is 1. The van der Waals surface area contributed by atoms with Gasteiger partial charge in [-0.3, -0.25) is 28.7 Å². The molecule has 4 amide bonds. The van der Waals surface area contributed by atoms with Crippen LogP contribution in [0.15, 0.2) is 0 Å². The predicted octanol–water partition coefficient (Wildman–Crippen LogP) is 1.18. The Balaban J connectivity index is 1.84. The molecule has 2 aliphatic heterocycles. The van der Waals surface area contributed by atoms with Crippen molar-refractivity contribution in [2.75, 3.05) is 19.7 Å². The predicted molar refractivity (Wildman–Crippen MR) is 124 cm³/mol. The summed E-state index contributed by atoms with van der Waals surface area (Å²) in [4.78, 5) is 65.7. The Morgan fingerprint density at radius 2 is 1.84 bits per heavy atom. The Morgan fingerprint density at radius 3 is 2.38 bits per heavy atom. The molecule has 3 fully saturated rings. The second-order valence-corrected chi connectivity index (χ2v) is 11.2. The molecule has 3 atom stereocenters. The van der Waals surface area contributed by atoms with Crippen molar-refractivity contribution in [3.8, 4) is 0 Å². The molecule has 37 heavy (non-hydrogen) atoms. The summed E-state index contributed by atoms with van der Waals surface area (Å²) >= 11 is 0. The number of hydrogen-bond acceptors (Lipinski definition) is 6. The lowest BCUT2D eigenvalue weighted by atomic mass is 9.86. The lowest BCUT2D eigenvalue weighted by molar-refractivity contribution is -0.321. The molecule has 3 aliphatic rings. The van der Waals surface area contributed by atoms with Crippen LogP contribution in [0.25, 0.3) is 0 Å². The van der Waals surface area contributed by atoms with Gasteiger partial charge in [0.25, 0.3) is 0 Å². The van der Waals surface area contributed by atoms with Gasteiger partial charge < -0.3 is 20.9 Å². The van der Waals surface area contributed by atoms with Crippen LogP contribution in [-0.2, 0) is 28.7 Å². The van der Waals surface area contributed by atoms with Crippen LogP contribution in [0.1, 0.15) is 65.7 Å². The third-order valence-corrected chi connectivity index (χ3v) is 6.92. The Labute approximate surface area is 213 Å². The Morgan fingerprint density at radius 1 is 1.16 bits per heavy atom. The zero-order valence-electron chi connectivity index (χ0n) is 21.3. The van der Waals surface area contributed by atoms with Crippen molar-refractivity contribution in [1.82, 2.24) is 20.9 Å². The SMILES string of the molecule is CC(C)(C)NC(=O)C(=O)N1CCC[C@@]1(CC1CC1)C(=O)NC(C[C@@H]1CCNC1=O)C(=O)COC(F)(F)F. The van der Waals surface area contributed by atoms with Crippen molar-refractivity contribution in [3.63, 3.8) is 0 Å². The summed E-state index contributed by atoms with van der Waals surface area (Å²) in [7, 11) is 0. The fraction of sp³-hybridized carbons (Fsp3) is 0.792. The molecule has 3 rings (SSSR count). The monoisotopic (exact) mass is 532 g/mol. The number of carbonyl (C=O) groups excluding carboxylic acids is 5. The van der Waals surface area contributed by atoms with Gasteiger partial charge in [0.1, 0.15) is 12.1 Å². The van der Waals surface area contributed by atoms with Gasteiger partial charge in [-0.25, -0.2) is 0 Å². The zero-order chi connectivity index (χ0) is 27.6. The first-order valence-electron chi connectivity index (χ1n) is 12.6. The average Bonchev–Trinajstić information content (AvgIpc) is 3.34. The molecule has 0 spiro atoms. The molecule has 1 saturated carbocycles. The van der Waals surface area contributed by atoms with E-state index in [-0.39, 0.29) is 37.6 Å². The smallest absolute Gasteiger partial charge is 0.356 e. The third kappa shape index (κ3) is 7.65. The molecular weight excluding hydrogens is 497 g/mol. The van der Waals surface area contributed by atoms with Crippen LogP contribution in [0.2, 0.25) is 0 Å². The molecular formula is C24H35F3N4O6. The van der Waals surface area contributed by atoms with Crippen molar-refractivity contribution in [3.05, 3.63) is 0 Å². The molecule has 0 aromatic heterocycles. The van der Waals surface area contributed by atoms with Gasteiger partial charge in [0, 0.05) is 24.5 Å². The van der Waals surface area contributed by atoms with Crippen molar-refractivity contribution >= 4 is 29.4 Å². The van der Waals surface area contributed by atoms with Gasteiger partial charge >= 0.3 is 18.2 Å². The Bertz CT molecular complexity index is 930. The topological polar surface area (TPSA) is 134 Å². The van der Waals surface area contributed by atoms with Gasteiger partial charge in [-0.05, 0) is 58.8 Å². The van der Waals surface area contributed by atoms with Gasteiger partial charge in [-0.1, -0.05) is 12.8 Å². The van der Waals surface area contributed by atoms with Crippen LogP contribution in [0.3, 0.4) is 0 Å². The van der Waals surface area contributed by atoms with Gasteiger partial charge in [-0.2, -0.15) is 0 Å². The van der Waals surface area contributed by atoms with Gasteiger partial charge in [0.2, 0.25) is 11.8 Å². The fourth-order valence-corrected chi connectivity index (χ4v) is 5.00. The van der Waals surface area contributed by atoms with Crippen molar-refractivity contribution in [2.24, 2.45) is 11.8 Å². The normalized spacial score (nSPS) is 25.0. The van der Waals surface area contributed by atoms with E-state index in [4.69, 9.17) is 0 Å². The second kappa shape index (κ2) is 11.0. The summed E-state index contributed by atoms with van der Waals surface area (Å²) in [5.41, 5.74) is -2.11. The highest BCUT2D eigenvalue weighted by Crippen LogP contribution is 2.44. The summed E-state index contributed by atoms with van der Waals surface area (Å²) in [5.74, 6) is -4.36. The number of likely N-dealkylation sites (tertiary alicyclic amines) is 1. The summed E-state index contributed by atoms with van der Waals surface area (Å²) in [6.07, 6.45) is -2.23. The molecule has 0 radical (unpaired) electrons. The van der Waals surface area contributed by atoms with Crippen LogP contribution >= 0.6 is 0 Å². The minimum atomic E-state index is -5.04. The Hall–Kier alpha value is -2.70. The van der Waals surface area contributed by atoms with E-state index in [2.05, 4.69) is 20.7 Å². The molecule has 1 unspecified atom stereocenters. The highest BCUT2D eigenvalue weighted by atomic mass is 19.4. The minimum Gasteiger partial charge on any atom is -0.356 e. The van der Waals surface area contributed by atoms with Crippen LogP contribution in [0.5, 0.6) is 0 Å². The van der Waals surface area contributed by atoms with E-state index >= 15 is 0 Å². The van der Waals surface area contributed by atoms with E-state index in [1.807, 2.05) is 0 Å². The summed E-state index contributed by atoms with van der Waals surface area (Å²) in [6, 6.07) is -1.43. The standard InChI is InChI=1S/C24H35F3N4O6/c1-22(2,3)30-19(34)20(35)31-10-4-8-23(31,12-14-5-6-14)21(36)29-16(11-15-7-9-28-18(15)33)17(32)13-37-24(25,26)27/h14-16H,4-13H2,1-3H3,(H,28,33)(H,29,36)(H,30,34)/t15-,16?,23+/m0/s1. The largest absolute Gasteiger partial charge is 0.522 e. The number of alkyl halides is 3. The molecule has 1 aliphatic carbocycles. The maximum absolute atomic E-state index is 13.8. The summed E-state index contributed by atoms with van der Waals surface area (Å²) in [5, 5.41) is 7.75. The highest BCUT2D eigenvalue weighted by molar-refractivity contribution is 6.35. The fourth-order valence-electron chi connectivity index (χ4n) is 5.00. The van der Waals surface area contributed by atoms with E-state index in [0.717, 1.165) is 12.8 Å². The van der Waals surface area contributed by atoms with Crippen molar-refractivity contribution in [2.45, 2.75) is 89.2 Å². The number of ether oxygens (including phenoxy) is 1. The number of halogens is 3. The molecule has 0 aromatic rings. The zero-order valence-corrected chi connectivity index (χ0v) is 21.3. The van der Waals surface area contributed by atoms with Crippen LogP contribution in [0, 0.1) is 11.8 Å². The molecule has 0 bridgehead atoms. The molecule has 3 N–H and O–H groups in total. The maximum Gasteiger partial charge on any atom is 0.522 e. The molecule has 2 saturated heterocycles. The third-order valence-electron chi connectivity index (χ3n) is 6.92. The van der Waals surface area contributed by atoms with Gasteiger partial charge in [-0.15, -0.1) is 13.2 Å². The van der Waals surface area contributed by atoms with Gasteiger partial charge in [0.05, 0.1) is 6.04 Å². The first-order valence-corrected chi connectivity index (χ1v) is 12.6. The van der Waals surface area contributed by atoms with E-state index in [1.165, 1.54) is 4.90 Å². The van der Waals surface area contributed by atoms with E-state index in [1.54, 1.807) is 20.8 Å². The summed E-state index contributed by atoms with van der Waals surface area (Å²) < 4.78 is 41.5. The average molecular weight is 533 g/mol. The number of rotatable bonds is 9. The molecule has 2 heterocycles. The molecule has 208 valence electrons. The van der Waals surface area contributed by atoms with Crippen LogP contribution in [0.4, 0.5) is 13.2 Å². The van der Waals surface area contributed by atoms with Crippen LogP contribution < -0.4 is 16.0 Å². The van der Waals surface area contributed by atoms with E-state index in [9.17, 15) is 37.1 Å². The number of nitrogens with one attached hydrogen (secondary N) is 3.